The molecule has 1 aromatic rings. The third kappa shape index (κ3) is 2.33. The summed E-state index contributed by atoms with van der Waals surface area (Å²) in [5, 5.41) is 10.1. The first-order valence-corrected chi connectivity index (χ1v) is 4.84. The maximum Gasteiger partial charge on any atom is 0.143 e. The molecule has 0 aliphatic heterocycles. The fourth-order valence-corrected chi connectivity index (χ4v) is 1.54. The summed E-state index contributed by atoms with van der Waals surface area (Å²) in [6.45, 7) is 4.93. The molecule has 4 nitrogen and oxygen atoms in total. The highest BCUT2D eigenvalue weighted by molar-refractivity contribution is 5.03. The van der Waals surface area contributed by atoms with Crippen molar-refractivity contribution in [2.24, 2.45) is 0 Å². The molecule has 80 valence electrons. The molecular weight excluding hydrogens is 180 g/mol. The van der Waals surface area contributed by atoms with E-state index in [1.165, 1.54) is 0 Å². The lowest BCUT2D eigenvalue weighted by molar-refractivity contribution is -0.0297. The number of imidazole rings is 1. The van der Waals surface area contributed by atoms with Crippen molar-refractivity contribution in [3.8, 4) is 0 Å². The highest BCUT2D eigenvalue weighted by Crippen LogP contribution is 2.19. The molecule has 0 amide bonds. The van der Waals surface area contributed by atoms with E-state index in [-0.39, 0.29) is 6.61 Å². The molecule has 0 aliphatic carbocycles. The predicted octanol–water partition coefficient (Wildman–Crippen LogP) is 1.15. The summed E-state index contributed by atoms with van der Waals surface area (Å²) < 4.78 is 6.92. The summed E-state index contributed by atoms with van der Waals surface area (Å²) in [6, 6.07) is 0. The second-order valence-corrected chi connectivity index (χ2v) is 3.65. The first-order chi connectivity index (χ1) is 6.61. The van der Waals surface area contributed by atoms with Gasteiger partial charge >= 0.3 is 0 Å². The molecule has 14 heavy (non-hydrogen) atoms. The van der Waals surface area contributed by atoms with E-state index in [0.717, 1.165) is 13.0 Å². The van der Waals surface area contributed by atoms with Gasteiger partial charge in [-0.05, 0) is 13.3 Å². The van der Waals surface area contributed by atoms with Crippen LogP contribution in [0.5, 0.6) is 0 Å². The summed E-state index contributed by atoms with van der Waals surface area (Å²) >= 11 is 0. The molecule has 1 aromatic heterocycles. The minimum atomic E-state index is -1.01. The van der Waals surface area contributed by atoms with Gasteiger partial charge in [-0.25, -0.2) is 4.98 Å². The molecule has 0 radical (unpaired) electrons. The zero-order valence-electron chi connectivity index (χ0n) is 9.03. The molecule has 0 saturated carbocycles. The van der Waals surface area contributed by atoms with Crippen LogP contribution in [-0.2, 0) is 16.9 Å². The number of hydrogen-bond donors (Lipinski definition) is 1. The number of aryl methyl sites for hydroxylation is 1. The van der Waals surface area contributed by atoms with Gasteiger partial charge in [-0.3, -0.25) is 0 Å². The van der Waals surface area contributed by atoms with Gasteiger partial charge in [-0.15, -0.1) is 0 Å². The highest BCUT2D eigenvalue weighted by atomic mass is 16.5. The van der Waals surface area contributed by atoms with Crippen LogP contribution in [0.4, 0.5) is 0 Å². The van der Waals surface area contributed by atoms with Crippen LogP contribution in [0.1, 0.15) is 26.1 Å². The Morgan fingerprint density at radius 2 is 2.36 bits per heavy atom. The minimum Gasteiger partial charge on any atom is -0.381 e. The van der Waals surface area contributed by atoms with E-state index in [2.05, 4.69) is 11.9 Å². The Morgan fingerprint density at radius 1 is 1.64 bits per heavy atom. The van der Waals surface area contributed by atoms with E-state index in [1.54, 1.807) is 20.2 Å². The number of ether oxygens (including phenoxy) is 1. The molecule has 0 bridgehead atoms. The van der Waals surface area contributed by atoms with Gasteiger partial charge in [0, 0.05) is 26.0 Å². The molecule has 0 spiro atoms. The molecule has 0 aliphatic rings. The third-order valence-electron chi connectivity index (χ3n) is 2.09. The van der Waals surface area contributed by atoms with Crippen molar-refractivity contribution in [2.45, 2.75) is 32.4 Å². The fourth-order valence-electron chi connectivity index (χ4n) is 1.54. The SMILES string of the molecule is CCCn1ccnc1C(C)(O)COC. The lowest BCUT2D eigenvalue weighted by Crippen LogP contribution is -2.31. The zero-order valence-corrected chi connectivity index (χ0v) is 9.03. The van der Waals surface area contributed by atoms with Gasteiger partial charge in [0.2, 0.25) is 0 Å². The van der Waals surface area contributed by atoms with E-state index >= 15 is 0 Å². The first kappa shape index (κ1) is 11.2. The number of methoxy groups -OCH3 is 1. The summed E-state index contributed by atoms with van der Waals surface area (Å²) in [5.41, 5.74) is -1.01. The van der Waals surface area contributed by atoms with Crippen molar-refractivity contribution >= 4 is 0 Å². The number of nitrogens with zero attached hydrogens (tertiary/aromatic N) is 2. The van der Waals surface area contributed by atoms with Crippen LogP contribution in [0.15, 0.2) is 12.4 Å². The number of rotatable bonds is 5. The van der Waals surface area contributed by atoms with Gasteiger partial charge in [0.05, 0.1) is 6.61 Å². The number of hydrogen-bond acceptors (Lipinski definition) is 3. The monoisotopic (exact) mass is 198 g/mol. The van der Waals surface area contributed by atoms with Gasteiger partial charge in [0.15, 0.2) is 0 Å². The van der Waals surface area contributed by atoms with E-state index in [1.807, 2.05) is 10.8 Å². The molecular formula is C10H18N2O2. The van der Waals surface area contributed by atoms with Gasteiger partial charge in [0.1, 0.15) is 11.4 Å². The second kappa shape index (κ2) is 4.57. The number of aromatic nitrogens is 2. The van der Waals surface area contributed by atoms with E-state index in [4.69, 9.17) is 4.74 Å². The predicted molar refractivity (Wildman–Crippen MR) is 54.0 cm³/mol. The molecule has 1 unspecified atom stereocenters. The Kier molecular flexibility index (Phi) is 3.66. The van der Waals surface area contributed by atoms with E-state index in [9.17, 15) is 5.11 Å². The van der Waals surface area contributed by atoms with Crippen LogP contribution < -0.4 is 0 Å². The Balaban J connectivity index is 2.87. The van der Waals surface area contributed by atoms with Crippen molar-refractivity contribution in [1.29, 1.82) is 0 Å². The lowest BCUT2D eigenvalue weighted by Gasteiger charge is -2.22. The van der Waals surface area contributed by atoms with Crippen LogP contribution in [0.3, 0.4) is 0 Å². The largest absolute Gasteiger partial charge is 0.381 e. The Hall–Kier alpha value is -0.870. The maximum atomic E-state index is 10.1. The van der Waals surface area contributed by atoms with Crippen LogP contribution in [0.25, 0.3) is 0 Å². The minimum absolute atomic E-state index is 0.258. The van der Waals surface area contributed by atoms with Crippen molar-refractivity contribution in [3.63, 3.8) is 0 Å². The highest BCUT2D eigenvalue weighted by Gasteiger charge is 2.27. The zero-order chi connectivity index (χ0) is 10.6. The standard InChI is InChI=1S/C10H18N2O2/c1-4-6-12-7-5-11-9(12)10(2,13)8-14-3/h5,7,13H,4,6,8H2,1-3H3. The average Bonchev–Trinajstić information content (AvgIpc) is 2.53. The molecule has 1 heterocycles. The van der Waals surface area contributed by atoms with E-state index in [0.29, 0.717) is 5.82 Å². The Labute approximate surface area is 84.5 Å². The summed E-state index contributed by atoms with van der Waals surface area (Å²) in [4.78, 5) is 4.16. The second-order valence-electron chi connectivity index (χ2n) is 3.65. The first-order valence-electron chi connectivity index (χ1n) is 4.84. The van der Waals surface area contributed by atoms with Crippen molar-refractivity contribution in [2.75, 3.05) is 13.7 Å². The Morgan fingerprint density at radius 3 is 2.93 bits per heavy atom. The topological polar surface area (TPSA) is 47.3 Å². The van der Waals surface area contributed by atoms with Crippen molar-refractivity contribution in [1.82, 2.24) is 9.55 Å². The van der Waals surface area contributed by atoms with Gasteiger partial charge in [-0.2, -0.15) is 0 Å². The summed E-state index contributed by atoms with van der Waals surface area (Å²) in [6.07, 6.45) is 4.60. The smallest absolute Gasteiger partial charge is 0.143 e. The van der Waals surface area contributed by atoms with Gasteiger partial charge < -0.3 is 14.4 Å². The molecule has 0 fully saturated rings. The Bertz CT molecular complexity index is 281. The molecule has 4 heteroatoms. The van der Waals surface area contributed by atoms with Gasteiger partial charge in [0.25, 0.3) is 0 Å². The van der Waals surface area contributed by atoms with Crippen LogP contribution >= 0.6 is 0 Å². The van der Waals surface area contributed by atoms with Crippen LogP contribution in [-0.4, -0.2) is 28.4 Å². The normalized spacial score (nSPS) is 15.4. The van der Waals surface area contributed by atoms with Gasteiger partial charge in [-0.1, -0.05) is 6.92 Å². The van der Waals surface area contributed by atoms with Crippen molar-refractivity contribution < 1.29 is 9.84 Å². The molecule has 0 aromatic carbocycles. The molecule has 1 atom stereocenters. The third-order valence-corrected chi connectivity index (χ3v) is 2.09. The quantitative estimate of drug-likeness (QED) is 0.772. The molecule has 1 N–H and O–H groups in total. The van der Waals surface area contributed by atoms with Crippen LogP contribution in [0.2, 0.25) is 0 Å². The summed E-state index contributed by atoms with van der Waals surface area (Å²) in [5.74, 6) is 0.668. The van der Waals surface area contributed by atoms with E-state index < -0.39 is 5.60 Å². The lowest BCUT2D eigenvalue weighted by atomic mass is 10.1. The molecule has 1 rings (SSSR count). The van der Waals surface area contributed by atoms with Crippen LogP contribution in [0, 0.1) is 0 Å². The number of aliphatic hydroxyl groups is 1. The fraction of sp³-hybridized carbons (Fsp3) is 0.700. The summed E-state index contributed by atoms with van der Waals surface area (Å²) in [7, 11) is 1.57. The van der Waals surface area contributed by atoms with Crippen molar-refractivity contribution in [3.05, 3.63) is 18.2 Å². The molecule has 0 saturated heterocycles. The average molecular weight is 198 g/mol. The maximum absolute atomic E-state index is 10.1.